The lowest BCUT2D eigenvalue weighted by Crippen LogP contribution is -2.48. The van der Waals surface area contributed by atoms with Crippen molar-refractivity contribution in [2.45, 2.75) is 69.5 Å². The molecule has 0 saturated heterocycles. The highest BCUT2D eigenvalue weighted by Gasteiger charge is 2.58. The number of hydrogen-bond donors (Lipinski definition) is 3. The van der Waals surface area contributed by atoms with E-state index in [9.17, 15) is 18.4 Å². The highest BCUT2D eigenvalue weighted by molar-refractivity contribution is 7.14. The van der Waals surface area contributed by atoms with E-state index in [1.807, 2.05) is 13.0 Å². The van der Waals surface area contributed by atoms with Crippen LogP contribution in [0.15, 0.2) is 24.4 Å². The first-order valence-electron chi connectivity index (χ1n) is 11.7. The van der Waals surface area contributed by atoms with E-state index in [2.05, 4.69) is 20.9 Å². The average Bonchev–Trinajstić information content (AvgIpc) is 3.25. The molecule has 11 heteroatoms. The van der Waals surface area contributed by atoms with Gasteiger partial charge in [-0.15, -0.1) is 11.3 Å². The molecule has 2 fully saturated rings. The van der Waals surface area contributed by atoms with Gasteiger partial charge in [0.25, 0.3) is 11.8 Å². The Labute approximate surface area is 212 Å². The van der Waals surface area contributed by atoms with Gasteiger partial charge in [-0.05, 0) is 37.5 Å². The fraction of sp³-hybridized carbons (Fsp3) is 0.542. The second-order valence-corrected chi connectivity index (χ2v) is 10.8. The van der Waals surface area contributed by atoms with Crippen LogP contribution in [0.2, 0.25) is 5.02 Å². The quantitative estimate of drug-likeness (QED) is 0.397. The van der Waals surface area contributed by atoms with Crippen LogP contribution in [0, 0.1) is 5.92 Å². The van der Waals surface area contributed by atoms with Crippen molar-refractivity contribution in [2.24, 2.45) is 5.92 Å². The highest BCUT2D eigenvalue weighted by atomic mass is 35.5. The number of nitrogens with zero attached hydrogens (tertiary/aromatic N) is 1. The third-order valence-electron chi connectivity index (χ3n) is 6.47. The summed E-state index contributed by atoms with van der Waals surface area (Å²) >= 11 is 7.34. The maximum absolute atomic E-state index is 13.3. The molecule has 2 aliphatic carbocycles. The minimum absolute atomic E-state index is 0.176. The van der Waals surface area contributed by atoms with Crippen molar-refractivity contribution >= 4 is 40.4 Å². The van der Waals surface area contributed by atoms with Crippen molar-refractivity contribution in [3.05, 3.63) is 39.2 Å². The zero-order valence-electron chi connectivity index (χ0n) is 19.6. The fourth-order valence-corrected chi connectivity index (χ4v) is 5.46. The Morgan fingerprint density at radius 3 is 2.69 bits per heavy atom. The molecule has 4 rings (SSSR count). The van der Waals surface area contributed by atoms with Gasteiger partial charge in [-0.3, -0.25) is 9.59 Å². The van der Waals surface area contributed by atoms with Crippen LogP contribution in [0.25, 0.3) is 0 Å². The second-order valence-electron chi connectivity index (χ2n) is 9.22. The second kappa shape index (κ2) is 10.7. The van der Waals surface area contributed by atoms with Crippen LogP contribution in [0.1, 0.15) is 66.0 Å². The number of rotatable bonds is 10. The van der Waals surface area contributed by atoms with Gasteiger partial charge >= 0.3 is 0 Å². The minimum atomic E-state index is -2.86. The Balaban J connectivity index is 1.41. The van der Waals surface area contributed by atoms with E-state index in [4.69, 9.17) is 16.3 Å². The van der Waals surface area contributed by atoms with Crippen molar-refractivity contribution < 1.29 is 23.1 Å². The van der Waals surface area contributed by atoms with Gasteiger partial charge in [0.1, 0.15) is 6.04 Å². The highest BCUT2D eigenvalue weighted by Crippen LogP contribution is 2.41. The number of methoxy groups -OCH3 is 1. The molecule has 2 unspecified atom stereocenters. The Morgan fingerprint density at radius 2 is 2.03 bits per heavy atom. The number of thiophene rings is 1. The van der Waals surface area contributed by atoms with Crippen molar-refractivity contribution in [3.63, 3.8) is 0 Å². The maximum atomic E-state index is 13.3. The normalized spacial score (nSPS) is 20.7. The van der Waals surface area contributed by atoms with Crippen LogP contribution in [0.5, 0.6) is 5.88 Å². The van der Waals surface area contributed by atoms with E-state index < -0.39 is 29.8 Å². The Morgan fingerprint density at radius 1 is 1.31 bits per heavy atom. The molecule has 7 nitrogen and oxygen atoms in total. The predicted molar refractivity (Wildman–Crippen MR) is 131 cm³/mol. The van der Waals surface area contributed by atoms with Gasteiger partial charge in [-0.1, -0.05) is 37.3 Å². The van der Waals surface area contributed by atoms with E-state index in [1.54, 1.807) is 12.1 Å². The van der Waals surface area contributed by atoms with Gasteiger partial charge < -0.3 is 20.7 Å². The lowest BCUT2D eigenvalue weighted by molar-refractivity contribution is -0.124. The number of amides is 2. The number of hydrogen-bond acceptors (Lipinski definition) is 6. The number of alkyl halides is 2. The molecule has 2 aromatic rings. The maximum Gasteiger partial charge on any atom is 0.270 e. The van der Waals surface area contributed by atoms with Crippen molar-refractivity contribution in [2.75, 3.05) is 12.4 Å². The zero-order chi connectivity index (χ0) is 25.2. The van der Waals surface area contributed by atoms with Gasteiger partial charge in [-0.25, -0.2) is 13.8 Å². The molecule has 0 aromatic carbocycles. The number of nitrogens with one attached hydrogen (secondary N) is 3. The molecule has 2 aliphatic rings. The summed E-state index contributed by atoms with van der Waals surface area (Å²) in [5.74, 6) is -3.09. The summed E-state index contributed by atoms with van der Waals surface area (Å²) in [6.07, 6.45) is 5.72. The van der Waals surface area contributed by atoms with Gasteiger partial charge in [0, 0.05) is 17.5 Å². The SMILES string of the molecule is COc1ncc(Cl)cc1NC(C)c1ccc(C(=O)NC(CC2CCCC2)C(=O)N[C@H]2CC2(F)F)s1. The van der Waals surface area contributed by atoms with Crippen LogP contribution >= 0.6 is 22.9 Å². The smallest absolute Gasteiger partial charge is 0.270 e. The summed E-state index contributed by atoms with van der Waals surface area (Å²) in [6.45, 7) is 1.93. The number of halogens is 3. The van der Waals surface area contributed by atoms with E-state index in [-0.39, 0.29) is 12.5 Å². The lowest BCUT2D eigenvalue weighted by Gasteiger charge is -2.21. The Bertz CT molecular complexity index is 1080. The van der Waals surface area contributed by atoms with Crippen LogP contribution in [0.3, 0.4) is 0 Å². The molecule has 190 valence electrons. The number of ether oxygens (including phenoxy) is 1. The molecule has 0 aliphatic heterocycles. The molecule has 0 radical (unpaired) electrons. The van der Waals surface area contributed by atoms with Gasteiger partial charge in [0.2, 0.25) is 11.8 Å². The Kier molecular flexibility index (Phi) is 7.80. The number of carbonyl (C=O) groups excluding carboxylic acids is 2. The molecule has 35 heavy (non-hydrogen) atoms. The first-order chi connectivity index (χ1) is 16.7. The van der Waals surface area contributed by atoms with Crippen molar-refractivity contribution in [1.29, 1.82) is 0 Å². The van der Waals surface area contributed by atoms with Crippen LogP contribution < -0.4 is 20.7 Å². The first-order valence-corrected chi connectivity index (χ1v) is 12.9. The average molecular weight is 527 g/mol. The number of anilines is 1. The fourth-order valence-electron chi connectivity index (χ4n) is 4.39. The summed E-state index contributed by atoms with van der Waals surface area (Å²) in [7, 11) is 1.52. The number of carbonyl (C=O) groups is 2. The first kappa shape index (κ1) is 25.6. The van der Waals surface area contributed by atoms with Crippen molar-refractivity contribution in [1.82, 2.24) is 15.6 Å². The third-order valence-corrected chi connectivity index (χ3v) is 7.94. The summed E-state index contributed by atoms with van der Waals surface area (Å²) in [4.78, 5) is 31.2. The Hall–Kier alpha value is -2.46. The topological polar surface area (TPSA) is 92.3 Å². The monoisotopic (exact) mass is 526 g/mol. The standard InChI is InChI=1S/C24H29ClF2N4O3S/c1-13(29-17-10-15(25)12-28-23(17)34-2)18-7-8-19(35-18)22(33)30-16(9-14-5-3-4-6-14)21(32)31-20-11-24(20,26)27/h7-8,10,12-14,16,20,29H,3-6,9,11H2,1-2H3,(H,30,33)(H,31,32)/t13?,16?,20-/m0/s1. The molecule has 3 N–H and O–H groups in total. The number of aromatic nitrogens is 1. The van der Waals surface area contributed by atoms with E-state index in [0.29, 0.717) is 33.8 Å². The largest absolute Gasteiger partial charge is 0.480 e. The molecule has 0 spiro atoms. The molecule has 2 saturated carbocycles. The summed E-state index contributed by atoms with van der Waals surface area (Å²) in [6, 6.07) is 3.08. The summed E-state index contributed by atoms with van der Waals surface area (Å²) < 4.78 is 31.9. The van der Waals surface area contributed by atoms with E-state index >= 15 is 0 Å². The lowest BCUT2D eigenvalue weighted by atomic mass is 9.97. The predicted octanol–water partition coefficient (Wildman–Crippen LogP) is 5.18. The van der Waals surface area contributed by atoms with Crippen LogP contribution in [-0.2, 0) is 4.79 Å². The van der Waals surface area contributed by atoms with Crippen LogP contribution in [-0.4, -0.2) is 41.9 Å². The molecule has 2 aromatic heterocycles. The van der Waals surface area contributed by atoms with Crippen molar-refractivity contribution in [3.8, 4) is 5.88 Å². The molecular weight excluding hydrogens is 498 g/mol. The molecule has 3 atom stereocenters. The van der Waals surface area contributed by atoms with E-state index in [0.717, 1.165) is 30.6 Å². The van der Waals surface area contributed by atoms with Crippen LogP contribution in [0.4, 0.5) is 14.5 Å². The molecule has 2 amide bonds. The van der Waals surface area contributed by atoms with Gasteiger partial charge in [-0.2, -0.15) is 0 Å². The number of pyridine rings is 1. The van der Waals surface area contributed by atoms with Gasteiger partial charge in [0.15, 0.2) is 0 Å². The minimum Gasteiger partial charge on any atom is -0.480 e. The third kappa shape index (κ3) is 6.41. The summed E-state index contributed by atoms with van der Waals surface area (Å²) in [5, 5.41) is 8.94. The zero-order valence-corrected chi connectivity index (χ0v) is 21.1. The van der Waals surface area contributed by atoms with Gasteiger partial charge in [0.05, 0.1) is 34.8 Å². The molecule has 2 heterocycles. The summed E-state index contributed by atoms with van der Waals surface area (Å²) in [5.41, 5.74) is 0.622. The molecular formula is C24H29ClF2N4O3S. The van der Waals surface area contributed by atoms with E-state index in [1.165, 1.54) is 24.6 Å². The molecule has 0 bridgehead atoms.